The molecule has 2 aromatic carbocycles. The molecule has 0 fully saturated rings. The molecular formula is C38H39IrN5OSi-2. The van der Waals surface area contributed by atoms with Gasteiger partial charge in [0.05, 0.1) is 36.7 Å². The summed E-state index contributed by atoms with van der Waals surface area (Å²) in [6, 6.07) is 26.7. The van der Waals surface area contributed by atoms with Gasteiger partial charge in [0.25, 0.3) is 0 Å². The number of rotatable bonds is 6. The molecule has 0 bridgehead atoms. The zero-order valence-electron chi connectivity index (χ0n) is 27.5. The van der Waals surface area contributed by atoms with Crippen molar-refractivity contribution in [2.45, 2.75) is 53.3 Å². The van der Waals surface area contributed by atoms with Crippen LogP contribution in [0.1, 0.15) is 32.8 Å². The van der Waals surface area contributed by atoms with Gasteiger partial charge in [-0.15, -0.1) is 54.1 Å². The first kappa shape index (κ1) is 33.4. The maximum atomic E-state index is 5.98. The summed E-state index contributed by atoms with van der Waals surface area (Å²) >= 11 is 0. The number of fused-ring (bicyclic) bond motifs is 4. The third-order valence-corrected chi connectivity index (χ3v) is 10.6. The molecule has 0 unspecified atom stereocenters. The standard InChI is InChI=1S/C20H28NSi.C18H11N4O.Ir/c1-7-20(2,3)14-17-13-18(16-11-9-8-10-12-16)21-15-19(17)22(4,5)6;1-22-15-10-19-9-7-14(15)21-17(22)13-5-2-4-11-12-6-3-8-20-18(12)23-16(11)13;/h8-11,13,15H,7,14H2,1-6H3;2-4,6-10H,1H3;/q2*-1;. The molecule has 1 radical (unpaired) electrons. The van der Waals surface area contributed by atoms with E-state index in [1.165, 1.54) is 17.2 Å². The molecule has 0 atom stereocenters. The number of aryl methyl sites for hydroxylation is 1. The molecule has 0 aliphatic rings. The Morgan fingerprint density at radius 2 is 1.74 bits per heavy atom. The van der Waals surface area contributed by atoms with E-state index >= 15 is 0 Å². The molecule has 0 N–H and O–H groups in total. The van der Waals surface area contributed by atoms with Crippen LogP contribution in [-0.2, 0) is 33.6 Å². The number of aromatic nitrogens is 5. The maximum Gasteiger partial charge on any atom is 0.216 e. The maximum absolute atomic E-state index is 5.98. The summed E-state index contributed by atoms with van der Waals surface area (Å²) in [5, 5.41) is 3.51. The summed E-state index contributed by atoms with van der Waals surface area (Å²) in [6.45, 7) is 14.2. The molecule has 7 aromatic rings. The number of nitrogens with zero attached hydrogens (tertiary/aromatic N) is 5. The summed E-state index contributed by atoms with van der Waals surface area (Å²) in [6.07, 6.45) is 9.72. The Morgan fingerprint density at radius 1 is 0.913 bits per heavy atom. The van der Waals surface area contributed by atoms with E-state index in [9.17, 15) is 0 Å². The molecule has 8 heteroatoms. The molecule has 6 nitrogen and oxygen atoms in total. The van der Waals surface area contributed by atoms with E-state index in [-0.39, 0.29) is 20.1 Å². The number of hydrogen-bond acceptors (Lipinski definition) is 5. The fraction of sp³-hybridized carbons (Fsp3) is 0.263. The normalized spacial score (nSPS) is 11.8. The van der Waals surface area contributed by atoms with Gasteiger partial charge in [-0.25, -0.2) is 4.98 Å². The molecular weight excluding hydrogens is 763 g/mol. The quantitative estimate of drug-likeness (QED) is 0.124. The van der Waals surface area contributed by atoms with E-state index in [2.05, 4.69) is 86.9 Å². The average Bonchev–Trinajstić information content (AvgIpc) is 3.59. The van der Waals surface area contributed by atoms with Gasteiger partial charge in [0.2, 0.25) is 5.71 Å². The minimum atomic E-state index is -1.39. The van der Waals surface area contributed by atoms with Crippen molar-refractivity contribution in [2.75, 3.05) is 0 Å². The Bertz CT molecular complexity index is 2110. The Kier molecular flexibility index (Phi) is 9.73. The molecule has 0 aliphatic heterocycles. The fourth-order valence-corrected chi connectivity index (χ4v) is 7.24. The topological polar surface area (TPSA) is 69.6 Å². The predicted molar refractivity (Wildman–Crippen MR) is 187 cm³/mol. The van der Waals surface area contributed by atoms with Crippen LogP contribution < -0.4 is 5.19 Å². The van der Waals surface area contributed by atoms with Gasteiger partial charge in [0.1, 0.15) is 0 Å². The number of pyridine rings is 3. The van der Waals surface area contributed by atoms with E-state index in [4.69, 9.17) is 14.4 Å². The van der Waals surface area contributed by atoms with Crippen molar-refractivity contribution in [2.24, 2.45) is 12.5 Å². The molecule has 46 heavy (non-hydrogen) atoms. The van der Waals surface area contributed by atoms with Crippen LogP contribution in [0.25, 0.3) is 55.7 Å². The van der Waals surface area contributed by atoms with E-state index < -0.39 is 8.07 Å². The molecule has 0 amide bonds. The Hall–Kier alpha value is -3.97. The van der Waals surface area contributed by atoms with Crippen molar-refractivity contribution in [1.82, 2.24) is 24.5 Å². The Labute approximate surface area is 285 Å². The van der Waals surface area contributed by atoms with Gasteiger partial charge in [0.15, 0.2) is 0 Å². The second-order valence-electron chi connectivity index (χ2n) is 13.4. The van der Waals surface area contributed by atoms with Crippen LogP contribution in [0.5, 0.6) is 0 Å². The number of imidazole rings is 1. The summed E-state index contributed by atoms with van der Waals surface area (Å²) in [4.78, 5) is 17.9. The number of benzene rings is 2. The smallest absolute Gasteiger partial charge is 0.216 e. The van der Waals surface area contributed by atoms with E-state index in [0.717, 1.165) is 56.5 Å². The molecule has 0 saturated heterocycles. The minimum absolute atomic E-state index is 0. The van der Waals surface area contributed by atoms with Crippen LogP contribution in [0, 0.1) is 17.5 Å². The van der Waals surface area contributed by atoms with Crippen LogP contribution in [-0.4, -0.2) is 32.6 Å². The van der Waals surface area contributed by atoms with E-state index in [0.29, 0.717) is 11.1 Å². The third kappa shape index (κ3) is 6.75. The first-order chi connectivity index (χ1) is 21.6. The fourth-order valence-electron chi connectivity index (χ4n) is 5.66. The first-order valence-electron chi connectivity index (χ1n) is 15.5. The van der Waals surface area contributed by atoms with Gasteiger partial charge in [-0.1, -0.05) is 69.4 Å². The zero-order chi connectivity index (χ0) is 31.8. The van der Waals surface area contributed by atoms with Crippen LogP contribution in [0.4, 0.5) is 0 Å². The largest absolute Gasteiger partial charge is 0.486 e. The summed E-state index contributed by atoms with van der Waals surface area (Å²) in [7, 11) is 0.585. The van der Waals surface area contributed by atoms with Crippen LogP contribution in [0.2, 0.25) is 19.6 Å². The summed E-state index contributed by atoms with van der Waals surface area (Å²) < 4.78 is 7.99. The Morgan fingerprint density at radius 3 is 2.46 bits per heavy atom. The number of hydrogen-bond donors (Lipinski definition) is 0. The van der Waals surface area contributed by atoms with Gasteiger partial charge in [0, 0.05) is 51.1 Å². The second kappa shape index (κ2) is 13.4. The van der Waals surface area contributed by atoms with Crippen molar-refractivity contribution in [3.63, 3.8) is 0 Å². The number of furan rings is 1. The van der Waals surface area contributed by atoms with Crippen molar-refractivity contribution >= 4 is 46.4 Å². The van der Waals surface area contributed by atoms with Gasteiger partial charge in [-0.3, -0.25) is 9.97 Å². The summed E-state index contributed by atoms with van der Waals surface area (Å²) in [5.41, 5.74) is 8.03. The van der Waals surface area contributed by atoms with Gasteiger partial charge < -0.3 is 14.0 Å². The van der Waals surface area contributed by atoms with Crippen molar-refractivity contribution in [3.05, 3.63) is 103 Å². The molecule has 0 saturated carbocycles. The molecule has 237 valence electrons. The molecule has 0 spiro atoms. The molecule has 5 aromatic heterocycles. The second-order valence-corrected chi connectivity index (χ2v) is 18.4. The SMILES string of the molecule is CCC(C)(C)Cc1cc(-c2[c-]cccc2)ncc1[Si](C)(C)C.Cn1c(-c2[c-]ccc3c2oc2ncccc23)nc2ccncc21.[Ir]. The van der Waals surface area contributed by atoms with Crippen molar-refractivity contribution in [3.8, 4) is 22.6 Å². The summed E-state index contributed by atoms with van der Waals surface area (Å²) in [5.74, 6) is 0.803. The van der Waals surface area contributed by atoms with Gasteiger partial charge in [-0.05, 0) is 40.9 Å². The van der Waals surface area contributed by atoms with E-state index in [1.807, 2.05) is 60.3 Å². The van der Waals surface area contributed by atoms with Crippen LogP contribution >= 0.6 is 0 Å². The molecule has 0 aliphatic carbocycles. The van der Waals surface area contributed by atoms with Crippen molar-refractivity contribution in [1.29, 1.82) is 0 Å². The monoisotopic (exact) mass is 802 g/mol. The predicted octanol–water partition coefficient (Wildman–Crippen LogP) is 8.80. The van der Waals surface area contributed by atoms with Crippen molar-refractivity contribution < 1.29 is 24.5 Å². The zero-order valence-corrected chi connectivity index (χ0v) is 30.9. The van der Waals surface area contributed by atoms with E-state index in [1.54, 1.807) is 12.4 Å². The minimum Gasteiger partial charge on any atom is -0.486 e. The van der Waals surface area contributed by atoms with Crippen LogP contribution in [0.3, 0.4) is 0 Å². The first-order valence-corrected chi connectivity index (χ1v) is 19.0. The Balaban J connectivity index is 0.000000178. The van der Waals surface area contributed by atoms with Crippen LogP contribution in [0.15, 0.2) is 89.9 Å². The van der Waals surface area contributed by atoms with Gasteiger partial charge >= 0.3 is 0 Å². The van der Waals surface area contributed by atoms with Gasteiger partial charge in [-0.2, -0.15) is 0 Å². The molecule has 7 rings (SSSR count). The average molecular weight is 802 g/mol. The molecule has 5 heterocycles. The third-order valence-electron chi connectivity index (χ3n) is 8.52.